The summed E-state index contributed by atoms with van der Waals surface area (Å²) in [6.45, 7) is 0. The fraction of sp³-hybridized carbons (Fsp3) is 0.0833. The van der Waals surface area contributed by atoms with Crippen LogP contribution in [-0.4, -0.2) is 39.5 Å². The summed E-state index contributed by atoms with van der Waals surface area (Å²) in [6, 6.07) is 20.0. The first-order chi connectivity index (χ1) is 17.0. The van der Waals surface area contributed by atoms with E-state index in [1.807, 2.05) is 0 Å². The Bertz CT molecular complexity index is 1480. The molecule has 0 bridgehead atoms. The number of carbonyl (C=O) groups is 1. The van der Waals surface area contributed by atoms with E-state index in [2.05, 4.69) is 15.5 Å². The van der Waals surface area contributed by atoms with Crippen LogP contribution in [0.1, 0.15) is 5.56 Å². The van der Waals surface area contributed by atoms with Gasteiger partial charge in [-0.15, -0.1) is 0 Å². The van der Waals surface area contributed by atoms with Gasteiger partial charge in [0.05, 0.1) is 46.2 Å². The van der Waals surface area contributed by atoms with Gasteiger partial charge in [-0.3, -0.25) is 24.3 Å². The van der Waals surface area contributed by atoms with Gasteiger partial charge in [0.1, 0.15) is 5.75 Å². The van der Waals surface area contributed by atoms with Crippen molar-refractivity contribution >= 4 is 40.5 Å². The third-order valence-electron chi connectivity index (χ3n) is 4.93. The number of aromatic nitrogens is 2. The number of hydrogen-bond donors (Lipinski definition) is 1. The first-order valence-corrected chi connectivity index (χ1v) is 11.3. The van der Waals surface area contributed by atoms with Crippen molar-refractivity contribution in [2.24, 2.45) is 5.10 Å². The molecule has 0 unspecified atom stereocenters. The van der Waals surface area contributed by atoms with Crippen LogP contribution in [-0.2, 0) is 4.79 Å². The van der Waals surface area contributed by atoms with Gasteiger partial charge in [0.2, 0.25) is 0 Å². The Balaban J connectivity index is 1.56. The molecule has 11 heteroatoms. The molecule has 176 valence electrons. The Hall–Kier alpha value is -4.51. The summed E-state index contributed by atoms with van der Waals surface area (Å²) in [7, 11) is 1.55. The maximum atomic E-state index is 13.3. The molecule has 1 aromatic heterocycles. The van der Waals surface area contributed by atoms with E-state index in [1.54, 1.807) is 67.8 Å². The zero-order chi connectivity index (χ0) is 24.8. The minimum atomic E-state index is -0.525. The van der Waals surface area contributed by atoms with E-state index in [9.17, 15) is 19.7 Å². The number of rotatable bonds is 8. The second-order valence-electron chi connectivity index (χ2n) is 7.15. The van der Waals surface area contributed by atoms with Crippen molar-refractivity contribution in [3.05, 3.63) is 98.8 Å². The molecule has 0 aliphatic heterocycles. The number of benzene rings is 3. The molecule has 35 heavy (non-hydrogen) atoms. The minimum Gasteiger partial charge on any atom is -0.497 e. The van der Waals surface area contributed by atoms with Crippen LogP contribution in [0.2, 0.25) is 0 Å². The lowest BCUT2D eigenvalue weighted by Crippen LogP contribution is -2.24. The van der Waals surface area contributed by atoms with E-state index in [1.165, 1.54) is 22.9 Å². The molecule has 0 aliphatic rings. The number of nitro benzene ring substituents is 1. The molecule has 10 nitrogen and oxygen atoms in total. The van der Waals surface area contributed by atoms with Crippen LogP contribution in [0.25, 0.3) is 16.6 Å². The highest BCUT2D eigenvalue weighted by Crippen LogP contribution is 2.23. The van der Waals surface area contributed by atoms with Gasteiger partial charge in [0.15, 0.2) is 5.16 Å². The van der Waals surface area contributed by atoms with Crippen molar-refractivity contribution in [1.29, 1.82) is 0 Å². The number of hydrogen-bond acceptors (Lipinski definition) is 8. The van der Waals surface area contributed by atoms with Gasteiger partial charge in [0.25, 0.3) is 17.2 Å². The lowest BCUT2D eigenvalue weighted by molar-refractivity contribution is -0.385. The fourth-order valence-electron chi connectivity index (χ4n) is 3.27. The molecular formula is C24H19N5O5S. The fourth-order valence-corrected chi connectivity index (χ4v) is 4.07. The summed E-state index contributed by atoms with van der Waals surface area (Å²) in [5.41, 5.74) is 3.31. The van der Waals surface area contributed by atoms with E-state index < -0.39 is 10.8 Å². The van der Waals surface area contributed by atoms with E-state index in [0.29, 0.717) is 27.5 Å². The van der Waals surface area contributed by atoms with Crippen LogP contribution in [0.15, 0.2) is 87.8 Å². The average molecular weight is 490 g/mol. The first-order valence-electron chi connectivity index (χ1n) is 10.3. The second kappa shape index (κ2) is 10.6. The summed E-state index contributed by atoms with van der Waals surface area (Å²) in [4.78, 5) is 40.8. The van der Waals surface area contributed by atoms with Crippen molar-refractivity contribution in [2.45, 2.75) is 5.16 Å². The lowest BCUT2D eigenvalue weighted by Gasteiger charge is -2.13. The normalized spacial score (nSPS) is 11.0. The number of methoxy groups -OCH3 is 1. The Kier molecular flexibility index (Phi) is 7.17. The van der Waals surface area contributed by atoms with Crippen LogP contribution in [0.5, 0.6) is 5.75 Å². The van der Waals surface area contributed by atoms with Gasteiger partial charge >= 0.3 is 0 Å². The number of ether oxygens (including phenoxy) is 1. The highest BCUT2D eigenvalue weighted by Gasteiger charge is 2.15. The van der Waals surface area contributed by atoms with Crippen molar-refractivity contribution < 1.29 is 14.5 Å². The number of hydrazone groups is 1. The average Bonchev–Trinajstić information content (AvgIpc) is 2.88. The molecule has 0 aliphatic carbocycles. The van der Waals surface area contributed by atoms with Gasteiger partial charge in [0, 0.05) is 6.07 Å². The van der Waals surface area contributed by atoms with Gasteiger partial charge in [-0.25, -0.2) is 10.4 Å². The van der Waals surface area contributed by atoms with Crippen molar-refractivity contribution in [3.63, 3.8) is 0 Å². The third-order valence-corrected chi connectivity index (χ3v) is 5.87. The van der Waals surface area contributed by atoms with Crippen LogP contribution in [0, 0.1) is 10.1 Å². The zero-order valence-corrected chi connectivity index (χ0v) is 19.3. The monoisotopic (exact) mass is 489 g/mol. The Morgan fingerprint density at radius 1 is 1.14 bits per heavy atom. The summed E-state index contributed by atoms with van der Waals surface area (Å²) >= 11 is 1.07. The Morgan fingerprint density at radius 3 is 2.60 bits per heavy atom. The van der Waals surface area contributed by atoms with Crippen LogP contribution < -0.4 is 15.7 Å². The van der Waals surface area contributed by atoms with Gasteiger partial charge < -0.3 is 4.74 Å². The Morgan fingerprint density at radius 2 is 1.86 bits per heavy atom. The van der Waals surface area contributed by atoms with Crippen LogP contribution in [0.3, 0.4) is 0 Å². The number of fused-ring (bicyclic) bond motifs is 1. The summed E-state index contributed by atoms with van der Waals surface area (Å²) in [6.07, 6.45) is 1.21. The van der Waals surface area contributed by atoms with Crippen LogP contribution in [0.4, 0.5) is 5.69 Å². The highest BCUT2D eigenvalue weighted by atomic mass is 32.2. The molecule has 4 aromatic rings. The van der Waals surface area contributed by atoms with Crippen molar-refractivity contribution in [2.75, 3.05) is 12.9 Å². The molecule has 1 heterocycles. The van der Waals surface area contributed by atoms with E-state index >= 15 is 0 Å². The molecule has 1 amide bonds. The molecule has 1 N–H and O–H groups in total. The number of thioether (sulfide) groups is 1. The van der Waals surface area contributed by atoms with Crippen molar-refractivity contribution in [3.8, 4) is 11.4 Å². The number of nitrogens with one attached hydrogen (secondary N) is 1. The van der Waals surface area contributed by atoms with E-state index in [4.69, 9.17) is 4.74 Å². The second-order valence-corrected chi connectivity index (χ2v) is 8.09. The molecule has 0 saturated heterocycles. The highest BCUT2D eigenvalue weighted by molar-refractivity contribution is 7.99. The molecule has 0 spiro atoms. The quantitative estimate of drug-likeness (QED) is 0.132. The van der Waals surface area contributed by atoms with E-state index in [0.717, 1.165) is 11.8 Å². The maximum Gasteiger partial charge on any atom is 0.278 e. The standard InChI is InChI=1S/C24H19N5O5S/c1-34-18-12-10-17(11-13-18)28-23(31)19-7-3-4-8-20(19)26-24(28)35-15-22(30)27-25-14-16-6-2-5-9-21(16)29(32)33/h2-14H,15H2,1H3,(H,27,30). The number of nitro groups is 1. The minimum absolute atomic E-state index is 0.0881. The molecular weight excluding hydrogens is 470 g/mol. The topological polar surface area (TPSA) is 129 Å². The van der Waals surface area contributed by atoms with Gasteiger partial charge in [-0.1, -0.05) is 36.0 Å². The largest absolute Gasteiger partial charge is 0.497 e. The third kappa shape index (κ3) is 5.36. The SMILES string of the molecule is COc1ccc(-n2c(SCC(=O)NN=Cc3ccccc3[N+](=O)[O-])nc3ccccc3c2=O)cc1. The molecule has 0 saturated carbocycles. The molecule has 4 rings (SSSR count). The summed E-state index contributed by atoms with van der Waals surface area (Å²) < 4.78 is 6.63. The van der Waals surface area contributed by atoms with Crippen molar-refractivity contribution in [1.82, 2.24) is 15.0 Å². The lowest BCUT2D eigenvalue weighted by atomic mass is 10.2. The molecule has 0 fully saturated rings. The maximum absolute atomic E-state index is 13.3. The molecule has 0 radical (unpaired) electrons. The number of para-hydroxylation sites is 2. The molecule has 3 aromatic carbocycles. The number of nitrogens with zero attached hydrogens (tertiary/aromatic N) is 4. The molecule has 0 atom stereocenters. The van der Waals surface area contributed by atoms with Crippen LogP contribution >= 0.6 is 11.8 Å². The van der Waals surface area contributed by atoms with E-state index in [-0.39, 0.29) is 22.6 Å². The smallest absolute Gasteiger partial charge is 0.278 e. The summed E-state index contributed by atoms with van der Waals surface area (Å²) in [5.74, 6) is 0.0870. The van der Waals surface area contributed by atoms with Gasteiger partial charge in [-0.05, 0) is 42.5 Å². The number of carbonyl (C=O) groups excluding carboxylic acids is 1. The van der Waals surface area contributed by atoms with Gasteiger partial charge in [-0.2, -0.15) is 5.10 Å². The Labute approximate surface area is 203 Å². The predicted molar refractivity (Wildman–Crippen MR) is 133 cm³/mol. The zero-order valence-electron chi connectivity index (χ0n) is 18.5. The first kappa shape index (κ1) is 23.6. The predicted octanol–water partition coefficient (Wildman–Crippen LogP) is 3.54. The summed E-state index contributed by atoms with van der Waals surface area (Å²) in [5, 5.41) is 15.7. The number of amides is 1.